The van der Waals surface area contributed by atoms with Gasteiger partial charge in [-0.05, 0) is 44.9 Å². The Morgan fingerprint density at radius 1 is 1.46 bits per heavy atom. The van der Waals surface area contributed by atoms with Gasteiger partial charge in [0.25, 0.3) is 0 Å². The van der Waals surface area contributed by atoms with E-state index >= 15 is 0 Å². The molecule has 0 aromatic carbocycles. The molecule has 136 valence electrons. The minimum absolute atomic E-state index is 0.117. The van der Waals surface area contributed by atoms with Crippen LogP contribution in [-0.2, 0) is 9.53 Å². The molecule has 0 radical (unpaired) electrons. The quantitative estimate of drug-likeness (QED) is 0.601. The molecule has 2 N–H and O–H groups in total. The molecule has 0 saturated carbocycles. The Balaban J connectivity index is 1.57. The van der Waals surface area contributed by atoms with Crippen LogP contribution >= 0.6 is 0 Å². The number of hydrogen-bond donors (Lipinski definition) is 2. The van der Waals surface area contributed by atoms with Gasteiger partial charge in [-0.1, -0.05) is 0 Å². The van der Waals surface area contributed by atoms with Crippen LogP contribution in [0.15, 0.2) is 4.99 Å². The van der Waals surface area contributed by atoms with E-state index < -0.39 is 0 Å². The fraction of sp³-hybridized carbons (Fsp3) is 0.889. The molecule has 3 fully saturated rings. The summed E-state index contributed by atoms with van der Waals surface area (Å²) in [4.78, 5) is 18.9. The van der Waals surface area contributed by atoms with E-state index in [2.05, 4.69) is 22.5 Å². The summed E-state index contributed by atoms with van der Waals surface area (Å²) in [7, 11) is 0. The summed E-state index contributed by atoms with van der Waals surface area (Å²) in [6.07, 6.45) is 6.45. The summed E-state index contributed by atoms with van der Waals surface area (Å²) >= 11 is 0. The zero-order valence-corrected chi connectivity index (χ0v) is 15.0. The molecule has 3 rings (SSSR count). The van der Waals surface area contributed by atoms with Crippen molar-refractivity contribution in [2.45, 2.75) is 45.4 Å². The minimum atomic E-state index is 0.117. The number of carbonyl (C=O) groups excluding carboxylic acids is 1. The second-order valence-corrected chi connectivity index (χ2v) is 7.56. The number of ether oxygens (including phenoxy) is 1. The van der Waals surface area contributed by atoms with Gasteiger partial charge in [-0.25, -0.2) is 0 Å². The van der Waals surface area contributed by atoms with Crippen molar-refractivity contribution >= 4 is 11.9 Å². The van der Waals surface area contributed by atoms with Crippen molar-refractivity contribution in [3.8, 4) is 0 Å². The van der Waals surface area contributed by atoms with Crippen molar-refractivity contribution in [2.75, 3.05) is 45.9 Å². The maximum Gasteiger partial charge on any atom is 0.220 e. The van der Waals surface area contributed by atoms with E-state index in [1.165, 1.54) is 12.8 Å². The molecule has 0 aliphatic carbocycles. The first-order valence-electron chi connectivity index (χ1n) is 9.58. The van der Waals surface area contributed by atoms with Crippen molar-refractivity contribution in [1.82, 2.24) is 15.5 Å². The van der Waals surface area contributed by atoms with E-state index in [0.29, 0.717) is 6.42 Å². The first kappa shape index (κ1) is 17.5. The number of piperidine rings is 1. The highest BCUT2D eigenvalue weighted by Gasteiger charge is 2.42. The number of nitrogens with zero attached hydrogens (tertiary/aromatic N) is 2. The van der Waals surface area contributed by atoms with Crippen LogP contribution < -0.4 is 10.6 Å². The number of guanidine groups is 1. The van der Waals surface area contributed by atoms with E-state index in [-0.39, 0.29) is 11.3 Å². The van der Waals surface area contributed by atoms with Gasteiger partial charge in [-0.3, -0.25) is 9.79 Å². The van der Waals surface area contributed by atoms with E-state index in [4.69, 9.17) is 9.73 Å². The maximum atomic E-state index is 11.7. The Hall–Kier alpha value is -1.30. The smallest absolute Gasteiger partial charge is 0.220 e. The lowest BCUT2D eigenvalue weighted by Gasteiger charge is -2.40. The maximum absolute atomic E-state index is 11.7. The molecule has 3 aliphatic rings. The molecule has 0 aromatic heterocycles. The van der Waals surface area contributed by atoms with Crippen LogP contribution in [0, 0.1) is 11.3 Å². The van der Waals surface area contributed by atoms with Crippen LogP contribution in [-0.4, -0.2) is 62.7 Å². The Morgan fingerprint density at radius 3 is 3.00 bits per heavy atom. The molecular weight excluding hydrogens is 304 g/mol. The number of carbonyl (C=O) groups is 1. The van der Waals surface area contributed by atoms with Crippen LogP contribution in [0.5, 0.6) is 0 Å². The third-order valence-corrected chi connectivity index (χ3v) is 5.63. The van der Waals surface area contributed by atoms with E-state index in [0.717, 1.165) is 77.1 Å². The first-order chi connectivity index (χ1) is 11.7. The van der Waals surface area contributed by atoms with Gasteiger partial charge in [-0.2, -0.15) is 0 Å². The van der Waals surface area contributed by atoms with Gasteiger partial charge >= 0.3 is 0 Å². The Morgan fingerprint density at radius 2 is 2.29 bits per heavy atom. The molecule has 3 saturated heterocycles. The predicted molar refractivity (Wildman–Crippen MR) is 95.0 cm³/mol. The monoisotopic (exact) mass is 336 g/mol. The highest BCUT2D eigenvalue weighted by molar-refractivity contribution is 5.81. The van der Waals surface area contributed by atoms with Crippen LogP contribution in [0.1, 0.15) is 45.4 Å². The fourth-order valence-electron chi connectivity index (χ4n) is 4.24. The van der Waals surface area contributed by atoms with Crippen molar-refractivity contribution in [3.63, 3.8) is 0 Å². The van der Waals surface area contributed by atoms with E-state index in [1.54, 1.807) is 0 Å². The molecular formula is C18H32N4O2. The number of likely N-dealkylation sites (tertiary alicyclic amines) is 1. The predicted octanol–water partition coefficient (Wildman–Crippen LogP) is 1.37. The lowest BCUT2D eigenvalue weighted by molar-refractivity contribution is -0.119. The summed E-state index contributed by atoms with van der Waals surface area (Å²) < 4.78 is 5.43. The zero-order chi connectivity index (χ0) is 16.8. The molecule has 24 heavy (non-hydrogen) atoms. The Labute approximate surface area is 145 Å². The highest BCUT2D eigenvalue weighted by atomic mass is 16.5. The lowest BCUT2D eigenvalue weighted by Crippen LogP contribution is -2.51. The summed E-state index contributed by atoms with van der Waals surface area (Å²) in [6.45, 7) is 8.50. The van der Waals surface area contributed by atoms with Gasteiger partial charge in [0.15, 0.2) is 5.96 Å². The van der Waals surface area contributed by atoms with Crippen LogP contribution in [0.25, 0.3) is 0 Å². The average molecular weight is 336 g/mol. The number of amides is 1. The lowest BCUT2D eigenvalue weighted by atomic mass is 9.79. The summed E-state index contributed by atoms with van der Waals surface area (Å²) in [5.74, 6) is 2.00. The minimum Gasteiger partial charge on any atom is -0.381 e. The van der Waals surface area contributed by atoms with Crippen molar-refractivity contribution < 1.29 is 9.53 Å². The number of rotatable bonds is 4. The highest BCUT2D eigenvalue weighted by Crippen LogP contribution is 2.36. The fourth-order valence-corrected chi connectivity index (χ4v) is 4.24. The van der Waals surface area contributed by atoms with Crippen molar-refractivity contribution in [3.05, 3.63) is 0 Å². The molecule has 3 heterocycles. The van der Waals surface area contributed by atoms with Gasteiger partial charge in [0, 0.05) is 57.8 Å². The van der Waals surface area contributed by atoms with Gasteiger partial charge in [0.05, 0.1) is 0 Å². The molecule has 0 bridgehead atoms. The molecule has 3 aliphatic heterocycles. The molecule has 6 heteroatoms. The summed E-state index contributed by atoms with van der Waals surface area (Å²) in [6, 6.07) is 0. The van der Waals surface area contributed by atoms with Crippen molar-refractivity contribution in [2.24, 2.45) is 16.3 Å². The topological polar surface area (TPSA) is 66.0 Å². The van der Waals surface area contributed by atoms with Gasteiger partial charge in [0.1, 0.15) is 0 Å². The van der Waals surface area contributed by atoms with Gasteiger partial charge in [0.2, 0.25) is 5.91 Å². The van der Waals surface area contributed by atoms with Gasteiger partial charge < -0.3 is 20.3 Å². The average Bonchev–Trinajstić information content (AvgIpc) is 2.95. The molecule has 1 spiro atoms. The Kier molecular flexibility index (Phi) is 5.98. The number of aliphatic imine (C=N–C) groups is 1. The third kappa shape index (κ3) is 4.41. The van der Waals surface area contributed by atoms with E-state index in [1.807, 2.05) is 0 Å². The van der Waals surface area contributed by atoms with Crippen LogP contribution in [0.3, 0.4) is 0 Å². The normalized spacial score (nSPS) is 29.1. The van der Waals surface area contributed by atoms with E-state index in [9.17, 15) is 4.79 Å². The molecule has 6 nitrogen and oxygen atoms in total. The number of hydrogen-bond acceptors (Lipinski definition) is 3. The van der Waals surface area contributed by atoms with Crippen molar-refractivity contribution in [1.29, 1.82) is 0 Å². The summed E-state index contributed by atoms with van der Waals surface area (Å²) in [5, 5.41) is 6.47. The standard InChI is InChI=1S/C18H32N4O2/c1-2-19-17(20-8-4-15-5-10-24-11-6-15)22-9-3-7-18(14-22)12-16(23)21-13-18/h15H,2-14H2,1H3,(H,19,20)(H,21,23). The second kappa shape index (κ2) is 8.19. The zero-order valence-electron chi connectivity index (χ0n) is 15.0. The SMILES string of the molecule is CCNC(=NCCC1CCOCC1)N1CCCC2(CNC(=O)C2)C1. The molecule has 0 aromatic rings. The molecule has 1 unspecified atom stereocenters. The van der Waals surface area contributed by atoms with Crippen LogP contribution in [0.4, 0.5) is 0 Å². The second-order valence-electron chi connectivity index (χ2n) is 7.56. The first-order valence-corrected chi connectivity index (χ1v) is 9.58. The molecule has 1 atom stereocenters. The van der Waals surface area contributed by atoms with Crippen LogP contribution in [0.2, 0.25) is 0 Å². The number of nitrogens with one attached hydrogen (secondary N) is 2. The Bertz CT molecular complexity index is 462. The largest absolute Gasteiger partial charge is 0.381 e. The third-order valence-electron chi connectivity index (χ3n) is 5.63. The summed E-state index contributed by atoms with van der Waals surface area (Å²) in [5.41, 5.74) is 0.117. The molecule has 1 amide bonds. The van der Waals surface area contributed by atoms with Gasteiger partial charge in [-0.15, -0.1) is 0 Å².